The maximum absolute atomic E-state index is 13.8. The molecule has 20 heavy (non-hydrogen) atoms. The molecule has 7 heteroatoms. The van der Waals surface area contributed by atoms with Crippen molar-refractivity contribution in [2.24, 2.45) is 0 Å². The molecule has 1 aromatic heterocycles. The third kappa shape index (κ3) is 2.66. The van der Waals surface area contributed by atoms with E-state index in [-0.39, 0.29) is 17.3 Å². The van der Waals surface area contributed by atoms with Gasteiger partial charge in [0.15, 0.2) is 11.6 Å². The molecule has 6 nitrogen and oxygen atoms in total. The lowest BCUT2D eigenvalue weighted by molar-refractivity contribution is -0.385. The SMILES string of the molecule is Cc1cc(Oc2ccc(N)c(C)n2)c(F)cc1[N+](=O)[O-]. The van der Waals surface area contributed by atoms with Crippen LogP contribution in [0.3, 0.4) is 0 Å². The number of halogens is 1. The Morgan fingerprint density at radius 1 is 1.35 bits per heavy atom. The minimum Gasteiger partial charge on any atom is -0.436 e. The minimum absolute atomic E-state index is 0.121. The first kappa shape index (κ1) is 13.7. The fraction of sp³-hybridized carbons (Fsp3) is 0.154. The molecule has 0 aliphatic carbocycles. The maximum Gasteiger partial charge on any atom is 0.275 e. The average Bonchev–Trinajstić information content (AvgIpc) is 2.37. The van der Waals surface area contributed by atoms with Crippen LogP contribution in [-0.4, -0.2) is 9.91 Å². The molecule has 0 radical (unpaired) electrons. The molecule has 1 heterocycles. The molecule has 0 aliphatic heterocycles. The van der Waals surface area contributed by atoms with Gasteiger partial charge in [-0.2, -0.15) is 0 Å². The fourth-order valence-electron chi connectivity index (χ4n) is 1.64. The molecular weight excluding hydrogens is 265 g/mol. The molecule has 0 unspecified atom stereocenters. The van der Waals surface area contributed by atoms with Gasteiger partial charge in [-0.3, -0.25) is 10.1 Å². The lowest BCUT2D eigenvalue weighted by Gasteiger charge is -2.08. The summed E-state index contributed by atoms with van der Waals surface area (Å²) < 4.78 is 19.1. The van der Waals surface area contributed by atoms with Crippen molar-refractivity contribution in [2.45, 2.75) is 13.8 Å². The molecule has 0 amide bonds. The number of anilines is 1. The van der Waals surface area contributed by atoms with Crippen LogP contribution in [0.5, 0.6) is 11.6 Å². The topological polar surface area (TPSA) is 91.3 Å². The summed E-state index contributed by atoms with van der Waals surface area (Å²) in [6.45, 7) is 3.20. The molecule has 0 saturated heterocycles. The highest BCUT2D eigenvalue weighted by Gasteiger charge is 2.17. The Balaban J connectivity index is 2.36. The number of aryl methyl sites for hydroxylation is 2. The number of nitro benzene ring substituents is 1. The van der Waals surface area contributed by atoms with Crippen LogP contribution in [0.4, 0.5) is 15.8 Å². The Bertz CT molecular complexity index is 689. The second kappa shape index (κ2) is 5.12. The summed E-state index contributed by atoms with van der Waals surface area (Å²) in [4.78, 5) is 14.1. The molecule has 2 rings (SSSR count). The van der Waals surface area contributed by atoms with E-state index >= 15 is 0 Å². The molecule has 0 fully saturated rings. The van der Waals surface area contributed by atoms with Crippen molar-refractivity contribution < 1.29 is 14.1 Å². The van der Waals surface area contributed by atoms with Crippen LogP contribution in [-0.2, 0) is 0 Å². The second-order valence-electron chi connectivity index (χ2n) is 4.25. The largest absolute Gasteiger partial charge is 0.436 e. The molecule has 0 aliphatic rings. The zero-order valence-electron chi connectivity index (χ0n) is 10.9. The predicted octanol–water partition coefficient (Wildman–Crippen LogP) is 3.12. The first-order valence-corrected chi connectivity index (χ1v) is 5.74. The van der Waals surface area contributed by atoms with Gasteiger partial charge < -0.3 is 10.5 Å². The summed E-state index contributed by atoms with van der Waals surface area (Å²) in [5.74, 6) is -0.771. The zero-order valence-corrected chi connectivity index (χ0v) is 10.9. The van der Waals surface area contributed by atoms with Crippen LogP contribution in [0, 0.1) is 29.8 Å². The van der Waals surface area contributed by atoms with Gasteiger partial charge in [-0.05, 0) is 26.0 Å². The fourth-order valence-corrected chi connectivity index (χ4v) is 1.64. The zero-order chi connectivity index (χ0) is 14.9. The van der Waals surface area contributed by atoms with Gasteiger partial charge in [-0.15, -0.1) is 0 Å². The lowest BCUT2D eigenvalue weighted by Crippen LogP contribution is -1.98. The standard InChI is InChI=1S/C13H12FN3O3/c1-7-5-12(9(14)6-11(7)17(18)19)20-13-4-3-10(15)8(2)16-13/h3-6H,15H2,1-2H3. The monoisotopic (exact) mass is 277 g/mol. The predicted molar refractivity (Wildman–Crippen MR) is 71.3 cm³/mol. The van der Waals surface area contributed by atoms with E-state index < -0.39 is 10.7 Å². The van der Waals surface area contributed by atoms with Crippen LogP contribution in [0.15, 0.2) is 24.3 Å². The van der Waals surface area contributed by atoms with Crippen molar-refractivity contribution in [3.63, 3.8) is 0 Å². The van der Waals surface area contributed by atoms with Crippen LogP contribution in [0.2, 0.25) is 0 Å². The smallest absolute Gasteiger partial charge is 0.275 e. The summed E-state index contributed by atoms with van der Waals surface area (Å²) in [6, 6.07) is 5.18. The van der Waals surface area contributed by atoms with Gasteiger partial charge in [0.1, 0.15) is 0 Å². The number of aromatic nitrogens is 1. The summed E-state index contributed by atoms with van der Waals surface area (Å²) in [6.07, 6.45) is 0. The average molecular weight is 277 g/mol. The summed E-state index contributed by atoms with van der Waals surface area (Å²) in [5.41, 5.74) is 6.69. The number of rotatable bonds is 3. The second-order valence-corrected chi connectivity index (χ2v) is 4.25. The Kier molecular flexibility index (Phi) is 3.51. The highest BCUT2D eigenvalue weighted by molar-refractivity contribution is 5.47. The number of benzene rings is 1. The molecule has 2 aromatic rings. The van der Waals surface area contributed by atoms with Crippen LogP contribution in [0.1, 0.15) is 11.3 Å². The van der Waals surface area contributed by atoms with E-state index in [0.29, 0.717) is 16.9 Å². The van der Waals surface area contributed by atoms with Crippen LogP contribution in [0.25, 0.3) is 0 Å². The van der Waals surface area contributed by atoms with E-state index in [1.807, 2.05) is 0 Å². The van der Waals surface area contributed by atoms with Crippen molar-refractivity contribution in [3.05, 3.63) is 51.5 Å². The number of pyridine rings is 1. The number of hydrogen-bond donors (Lipinski definition) is 1. The van der Waals surface area contributed by atoms with E-state index in [0.717, 1.165) is 6.07 Å². The Hall–Kier alpha value is -2.70. The molecule has 1 aromatic carbocycles. The van der Waals surface area contributed by atoms with Crippen molar-refractivity contribution >= 4 is 11.4 Å². The molecular formula is C13H12FN3O3. The van der Waals surface area contributed by atoms with E-state index in [9.17, 15) is 14.5 Å². The number of nitrogen functional groups attached to an aromatic ring is 1. The molecule has 2 N–H and O–H groups in total. The molecule has 104 valence electrons. The van der Waals surface area contributed by atoms with Gasteiger partial charge in [0.2, 0.25) is 5.88 Å². The van der Waals surface area contributed by atoms with Gasteiger partial charge in [0.25, 0.3) is 5.69 Å². The Labute approximate surface area is 114 Å². The highest BCUT2D eigenvalue weighted by Crippen LogP contribution is 2.30. The van der Waals surface area contributed by atoms with Crippen molar-refractivity contribution in [2.75, 3.05) is 5.73 Å². The van der Waals surface area contributed by atoms with Gasteiger partial charge >= 0.3 is 0 Å². The quantitative estimate of drug-likeness (QED) is 0.687. The maximum atomic E-state index is 13.8. The summed E-state index contributed by atoms with van der Waals surface area (Å²) in [7, 11) is 0. The molecule has 0 bridgehead atoms. The number of hydrogen-bond acceptors (Lipinski definition) is 5. The molecule has 0 saturated carbocycles. The Morgan fingerprint density at radius 3 is 2.65 bits per heavy atom. The third-order valence-corrected chi connectivity index (χ3v) is 2.76. The minimum atomic E-state index is -0.821. The van der Waals surface area contributed by atoms with E-state index in [4.69, 9.17) is 10.5 Å². The van der Waals surface area contributed by atoms with Crippen molar-refractivity contribution in [1.29, 1.82) is 0 Å². The van der Waals surface area contributed by atoms with Gasteiger partial charge in [0, 0.05) is 11.6 Å². The first-order valence-electron chi connectivity index (χ1n) is 5.74. The number of nitrogens with zero attached hydrogens (tertiary/aromatic N) is 2. The Morgan fingerprint density at radius 2 is 2.05 bits per heavy atom. The van der Waals surface area contributed by atoms with E-state index in [1.165, 1.54) is 19.1 Å². The van der Waals surface area contributed by atoms with E-state index in [1.54, 1.807) is 13.0 Å². The first-order chi connectivity index (χ1) is 9.38. The highest BCUT2D eigenvalue weighted by atomic mass is 19.1. The third-order valence-electron chi connectivity index (χ3n) is 2.76. The lowest BCUT2D eigenvalue weighted by atomic mass is 10.2. The number of nitrogens with two attached hydrogens (primary N) is 1. The van der Waals surface area contributed by atoms with Gasteiger partial charge in [-0.25, -0.2) is 9.37 Å². The summed E-state index contributed by atoms with van der Waals surface area (Å²) >= 11 is 0. The molecule has 0 atom stereocenters. The summed E-state index contributed by atoms with van der Waals surface area (Å²) in [5, 5.41) is 10.7. The molecule has 0 spiro atoms. The van der Waals surface area contributed by atoms with Gasteiger partial charge in [0.05, 0.1) is 22.4 Å². The van der Waals surface area contributed by atoms with Crippen LogP contribution < -0.4 is 10.5 Å². The van der Waals surface area contributed by atoms with Crippen molar-refractivity contribution in [3.8, 4) is 11.6 Å². The van der Waals surface area contributed by atoms with Gasteiger partial charge in [-0.1, -0.05) is 0 Å². The van der Waals surface area contributed by atoms with Crippen LogP contribution >= 0.6 is 0 Å². The van der Waals surface area contributed by atoms with E-state index in [2.05, 4.69) is 4.98 Å². The number of ether oxygens (including phenoxy) is 1. The van der Waals surface area contributed by atoms with Crippen molar-refractivity contribution in [1.82, 2.24) is 4.98 Å². The number of nitro groups is 1. The normalized spacial score (nSPS) is 10.3.